The van der Waals surface area contributed by atoms with Crippen LogP contribution in [-0.4, -0.2) is 17.1 Å². The highest BCUT2D eigenvalue weighted by molar-refractivity contribution is 9.10. The maximum absolute atomic E-state index is 8.47. The van der Waals surface area contributed by atoms with Crippen molar-refractivity contribution in [3.05, 3.63) is 26.7 Å². The Labute approximate surface area is 118 Å². The summed E-state index contributed by atoms with van der Waals surface area (Å²) in [4.78, 5) is 0. The lowest BCUT2D eigenvalue weighted by Crippen LogP contribution is -2.24. The average Bonchev–Trinajstić information content (AvgIpc) is 2.23. The Morgan fingerprint density at radius 3 is 2.53 bits per heavy atom. The number of nitrogens with one attached hydrogen (secondary N) is 1. The molecule has 0 bridgehead atoms. The molecule has 0 amide bonds. The van der Waals surface area contributed by atoms with Crippen molar-refractivity contribution in [3.8, 4) is 0 Å². The fourth-order valence-electron chi connectivity index (χ4n) is 1.33. The summed E-state index contributed by atoms with van der Waals surface area (Å²) < 4.78 is 0.808. The molecule has 4 nitrogen and oxygen atoms in total. The normalized spacial score (nSPS) is 13.5. The van der Waals surface area contributed by atoms with E-state index in [9.17, 15) is 0 Å². The summed E-state index contributed by atoms with van der Waals surface area (Å²) in [5.74, 6) is 0.148. The van der Waals surface area contributed by atoms with Crippen molar-refractivity contribution in [1.29, 1.82) is 0 Å². The molecule has 7 heteroatoms. The Hall–Kier alpha value is -0.650. The Balaban J connectivity index is 2.81. The molecule has 17 heavy (non-hydrogen) atoms. The first kappa shape index (κ1) is 14.4. The molecule has 4 N–H and O–H groups in total. The van der Waals surface area contributed by atoms with Crippen LogP contribution in [0.15, 0.2) is 21.8 Å². The van der Waals surface area contributed by atoms with Gasteiger partial charge in [-0.2, -0.15) is 0 Å². The molecule has 0 aromatic heterocycles. The topological polar surface area (TPSA) is 70.6 Å². The van der Waals surface area contributed by atoms with Gasteiger partial charge in [0.1, 0.15) is 5.84 Å². The van der Waals surface area contributed by atoms with Crippen molar-refractivity contribution < 1.29 is 5.21 Å². The van der Waals surface area contributed by atoms with Crippen LogP contribution in [0.25, 0.3) is 0 Å². The Bertz CT molecular complexity index is 417. The van der Waals surface area contributed by atoms with Gasteiger partial charge < -0.3 is 16.3 Å². The van der Waals surface area contributed by atoms with Crippen LogP contribution < -0.4 is 11.1 Å². The second-order valence-electron chi connectivity index (χ2n) is 3.59. The highest BCUT2D eigenvalue weighted by Crippen LogP contribution is 2.34. The molecule has 1 atom stereocenters. The first-order valence-corrected chi connectivity index (χ1v) is 6.36. The molecule has 0 saturated heterocycles. The minimum Gasteiger partial charge on any atom is -0.409 e. The van der Waals surface area contributed by atoms with Gasteiger partial charge in [0.2, 0.25) is 0 Å². The SMILES string of the molecule is CC(CC(N)=NO)Nc1c(Cl)cc(Br)cc1Cl. The van der Waals surface area contributed by atoms with Crippen molar-refractivity contribution in [2.24, 2.45) is 10.9 Å². The van der Waals surface area contributed by atoms with E-state index >= 15 is 0 Å². The van der Waals surface area contributed by atoms with Crippen LogP contribution in [0.2, 0.25) is 10.0 Å². The highest BCUT2D eigenvalue weighted by Gasteiger charge is 2.11. The second kappa shape index (κ2) is 6.33. The van der Waals surface area contributed by atoms with Crippen LogP contribution in [0.3, 0.4) is 0 Å². The zero-order chi connectivity index (χ0) is 13.0. The molecule has 0 aliphatic rings. The van der Waals surface area contributed by atoms with Gasteiger partial charge in [0.25, 0.3) is 0 Å². The van der Waals surface area contributed by atoms with Gasteiger partial charge in [-0.3, -0.25) is 0 Å². The van der Waals surface area contributed by atoms with Crippen LogP contribution >= 0.6 is 39.1 Å². The average molecular weight is 341 g/mol. The van der Waals surface area contributed by atoms with E-state index in [0.717, 1.165) is 4.47 Å². The predicted molar refractivity (Wildman–Crippen MR) is 75.3 cm³/mol. The largest absolute Gasteiger partial charge is 0.409 e. The fraction of sp³-hybridized carbons (Fsp3) is 0.300. The van der Waals surface area contributed by atoms with E-state index in [-0.39, 0.29) is 11.9 Å². The third-order valence-electron chi connectivity index (χ3n) is 2.04. The molecular formula is C10H12BrCl2N3O. The van der Waals surface area contributed by atoms with Crippen molar-refractivity contribution >= 4 is 50.7 Å². The number of hydrogen-bond acceptors (Lipinski definition) is 3. The molecular weight excluding hydrogens is 329 g/mol. The van der Waals surface area contributed by atoms with E-state index in [1.165, 1.54) is 0 Å². The van der Waals surface area contributed by atoms with Gasteiger partial charge in [-0.1, -0.05) is 44.3 Å². The van der Waals surface area contributed by atoms with Crippen LogP contribution in [-0.2, 0) is 0 Å². The van der Waals surface area contributed by atoms with Crippen molar-refractivity contribution in [3.63, 3.8) is 0 Å². The summed E-state index contributed by atoms with van der Waals surface area (Å²) in [7, 11) is 0. The molecule has 1 unspecified atom stereocenters. The lowest BCUT2D eigenvalue weighted by atomic mass is 10.2. The van der Waals surface area contributed by atoms with Crippen LogP contribution in [0.1, 0.15) is 13.3 Å². The first-order chi connectivity index (χ1) is 7.93. The van der Waals surface area contributed by atoms with Crippen molar-refractivity contribution in [2.45, 2.75) is 19.4 Å². The quantitative estimate of drug-likeness (QED) is 0.339. The summed E-state index contributed by atoms with van der Waals surface area (Å²) in [6.07, 6.45) is 0.388. The number of hydrogen-bond donors (Lipinski definition) is 3. The molecule has 94 valence electrons. The number of anilines is 1. The number of rotatable bonds is 4. The molecule has 1 rings (SSSR count). The molecule has 0 spiro atoms. The summed E-state index contributed by atoms with van der Waals surface area (Å²) in [6, 6.07) is 3.43. The predicted octanol–water partition coefficient (Wildman–Crippen LogP) is 3.69. The van der Waals surface area contributed by atoms with Crippen molar-refractivity contribution in [1.82, 2.24) is 0 Å². The maximum Gasteiger partial charge on any atom is 0.141 e. The standard InChI is InChI=1S/C10H12BrCl2N3O/c1-5(2-9(14)16-17)15-10-7(12)3-6(11)4-8(10)13/h3-5,15,17H,2H2,1H3,(H2,14,16). The maximum atomic E-state index is 8.47. The highest BCUT2D eigenvalue weighted by atomic mass is 79.9. The van der Waals surface area contributed by atoms with E-state index < -0.39 is 0 Å². The number of benzene rings is 1. The van der Waals surface area contributed by atoms with E-state index in [0.29, 0.717) is 22.2 Å². The molecule has 1 aromatic carbocycles. The molecule has 0 heterocycles. The monoisotopic (exact) mass is 339 g/mol. The van der Waals surface area contributed by atoms with Gasteiger partial charge in [-0.05, 0) is 19.1 Å². The fourth-order valence-corrected chi connectivity index (χ4v) is 2.65. The Morgan fingerprint density at radius 1 is 1.53 bits per heavy atom. The third-order valence-corrected chi connectivity index (χ3v) is 3.10. The van der Waals surface area contributed by atoms with E-state index in [1.807, 2.05) is 6.92 Å². The molecule has 0 fully saturated rings. The number of oxime groups is 1. The van der Waals surface area contributed by atoms with Gasteiger partial charge >= 0.3 is 0 Å². The summed E-state index contributed by atoms with van der Waals surface area (Å²) in [5, 5.41) is 15.5. The Morgan fingerprint density at radius 2 is 2.06 bits per heavy atom. The van der Waals surface area contributed by atoms with Gasteiger partial charge in [0, 0.05) is 16.9 Å². The van der Waals surface area contributed by atoms with Gasteiger partial charge in [-0.25, -0.2) is 0 Å². The molecule has 0 saturated carbocycles. The molecule has 0 aliphatic heterocycles. The van der Waals surface area contributed by atoms with Crippen LogP contribution in [0.5, 0.6) is 0 Å². The second-order valence-corrected chi connectivity index (χ2v) is 5.32. The number of nitrogens with zero attached hydrogens (tertiary/aromatic N) is 1. The molecule has 0 radical (unpaired) electrons. The van der Waals surface area contributed by atoms with Crippen molar-refractivity contribution in [2.75, 3.05) is 5.32 Å². The Kier molecular flexibility index (Phi) is 5.36. The van der Waals surface area contributed by atoms with E-state index in [4.69, 9.17) is 34.1 Å². The van der Waals surface area contributed by atoms with E-state index in [2.05, 4.69) is 26.4 Å². The van der Waals surface area contributed by atoms with Gasteiger partial charge in [-0.15, -0.1) is 0 Å². The number of halogens is 3. The molecule has 1 aromatic rings. The first-order valence-electron chi connectivity index (χ1n) is 4.81. The lowest BCUT2D eigenvalue weighted by molar-refractivity contribution is 0.316. The lowest BCUT2D eigenvalue weighted by Gasteiger charge is -2.17. The minimum atomic E-state index is -0.0536. The van der Waals surface area contributed by atoms with Gasteiger partial charge in [0.15, 0.2) is 0 Å². The number of amidine groups is 1. The zero-order valence-corrected chi connectivity index (χ0v) is 12.1. The smallest absolute Gasteiger partial charge is 0.141 e. The van der Waals surface area contributed by atoms with E-state index in [1.54, 1.807) is 12.1 Å². The van der Waals surface area contributed by atoms with Crippen LogP contribution in [0, 0.1) is 0 Å². The third kappa shape index (κ3) is 4.26. The summed E-state index contributed by atoms with van der Waals surface area (Å²) in [5.41, 5.74) is 6.05. The van der Waals surface area contributed by atoms with Crippen LogP contribution in [0.4, 0.5) is 5.69 Å². The summed E-state index contributed by atoms with van der Waals surface area (Å²) in [6.45, 7) is 1.88. The summed E-state index contributed by atoms with van der Waals surface area (Å²) >= 11 is 15.4. The number of nitrogens with two attached hydrogens (primary N) is 1. The minimum absolute atomic E-state index is 0.0536. The zero-order valence-electron chi connectivity index (χ0n) is 9.04. The molecule has 0 aliphatic carbocycles. The van der Waals surface area contributed by atoms with Gasteiger partial charge in [0.05, 0.1) is 15.7 Å².